The quantitative estimate of drug-likeness (QED) is 0.790. The highest BCUT2D eigenvalue weighted by atomic mass is 79.9. The molecule has 0 radical (unpaired) electrons. The molecule has 0 amide bonds. The molecule has 0 N–H and O–H groups in total. The second kappa shape index (κ2) is 4.43. The van der Waals surface area contributed by atoms with Crippen LogP contribution in [0.25, 0.3) is 0 Å². The fourth-order valence-corrected chi connectivity index (χ4v) is 2.52. The van der Waals surface area contributed by atoms with Crippen LogP contribution in [0.1, 0.15) is 15.4 Å². The van der Waals surface area contributed by atoms with Crippen LogP contribution >= 0.6 is 38.9 Å². The molecule has 15 heavy (non-hydrogen) atoms. The summed E-state index contributed by atoms with van der Waals surface area (Å²) in [4.78, 5) is 16.6. The molecule has 2 aromatic heterocycles. The van der Waals surface area contributed by atoms with E-state index in [0.717, 1.165) is 0 Å². The van der Waals surface area contributed by atoms with Gasteiger partial charge in [0.05, 0.1) is 9.21 Å². The van der Waals surface area contributed by atoms with Crippen LogP contribution in [0, 0.1) is 0 Å². The highest BCUT2D eigenvalue weighted by Gasteiger charge is 2.15. The molecule has 0 spiro atoms. The number of carbonyl (C=O) groups excluding carboxylic acids is 1. The lowest BCUT2D eigenvalue weighted by Gasteiger charge is -1.98. The Kier molecular flexibility index (Phi) is 3.19. The Labute approximate surface area is 104 Å². The first kappa shape index (κ1) is 10.8. The SMILES string of the molecule is O=C(c1ccc(Cl)s1)c1ncccc1Br. The summed E-state index contributed by atoms with van der Waals surface area (Å²) in [6.07, 6.45) is 1.59. The van der Waals surface area contributed by atoms with Gasteiger partial charge in [-0.3, -0.25) is 9.78 Å². The third-order valence-corrected chi connectivity index (χ3v) is 3.64. The molecule has 0 atom stereocenters. The summed E-state index contributed by atoms with van der Waals surface area (Å²) in [5.41, 5.74) is 0.413. The minimum absolute atomic E-state index is 0.112. The maximum Gasteiger partial charge on any atom is 0.222 e. The summed E-state index contributed by atoms with van der Waals surface area (Å²) in [5.74, 6) is -0.112. The van der Waals surface area contributed by atoms with E-state index in [2.05, 4.69) is 20.9 Å². The molecule has 0 bridgehead atoms. The van der Waals surface area contributed by atoms with Gasteiger partial charge in [-0.25, -0.2) is 0 Å². The Balaban J connectivity index is 2.41. The van der Waals surface area contributed by atoms with E-state index >= 15 is 0 Å². The van der Waals surface area contributed by atoms with Crippen LogP contribution in [0.5, 0.6) is 0 Å². The van der Waals surface area contributed by atoms with Crippen LogP contribution in [-0.4, -0.2) is 10.8 Å². The number of nitrogens with zero attached hydrogens (tertiary/aromatic N) is 1. The zero-order chi connectivity index (χ0) is 10.8. The Morgan fingerprint density at radius 1 is 1.40 bits per heavy atom. The summed E-state index contributed by atoms with van der Waals surface area (Å²) in [7, 11) is 0. The highest BCUT2D eigenvalue weighted by molar-refractivity contribution is 9.10. The van der Waals surface area contributed by atoms with E-state index in [1.165, 1.54) is 11.3 Å². The van der Waals surface area contributed by atoms with Crippen molar-refractivity contribution in [3.05, 3.63) is 49.8 Å². The molecular formula is C10H5BrClNOS. The van der Waals surface area contributed by atoms with Crippen molar-refractivity contribution in [1.82, 2.24) is 4.98 Å². The van der Waals surface area contributed by atoms with E-state index < -0.39 is 0 Å². The summed E-state index contributed by atoms with van der Waals surface area (Å²) in [6, 6.07) is 6.96. The van der Waals surface area contributed by atoms with Gasteiger partial charge >= 0.3 is 0 Å². The van der Waals surface area contributed by atoms with Crippen molar-refractivity contribution in [2.75, 3.05) is 0 Å². The van der Waals surface area contributed by atoms with Crippen LogP contribution in [0.4, 0.5) is 0 Å². The standard InChI is InChI=1S/C10H5BrClNOS/c11-6-2-1-5-13-9(6)10(14)7-3-4-8(12)15-7/h1-5H. The molecule has 2 rings (SSSR count). The van der Waals surface area contributed by atoms with Crippen molar-refractivity contribution in [3.8, 4) is 0 Å². The highest BCUT2D eigenvalue weighted by Crippen LogP contribution is 2.25. The molecule has 5 heteroatoms. The van der Waals surface area contributed by atoms with Crippen molar-refractivity contribution in [2.45, 2.75) is 0 Å². The lowest BCUT2D eigenvalue weighted by atomic mass is 10.2. The van der Waals surface area contributed by atoms with Crippen LogP contribution in [0.15, 0.2) is 34.9 Å². The average Bonchev–Trinajstić information content (AvgIpc) is 2.65. The largest absolute Gasteiger partial charge is 0.286 e. The molecule has 0 aliphatic rings. The zero-order valence-electron chi connectivity index (χ0n) is 7.41. The topological polar surface area (TPSA) is 30.0 Å². The Hall–Kier alpha value is -0.710. The summed E-state index contributed by atoms with van der Waals surface area (Å²) >= 11 is 10.3. The number of thiophene rings is 1. The number of hydrogen-bond acceptors (Lipinski definition) is 3. The van der Waals surface area contributed by atoms with Gasteiger partial charge in [0.1, 0.15) is 5.69 Å². The maximum absolute atomic E-state index is 11.9. The van der Waals surface area contributed by atoms with E-state index in [9.17, 15) is 4.79 Å². The summed E-state index contributed by atoms with van der Waals surface area (Å²) in [6.45, 7) is 0. The van der Waals surface area contributed by atoms with Gasteiger partial charge in [0.2, 0.25) is 5.78 Å². The third-order valence-electron chi connectivity index (χ3n) is 1.77. The number of aromatic nitrogens is 1. The van der Waals surface area contributed by atoms with E-state index in [1.807, 2.05) is 0 Å². The van der Waals surface area contributed by atoms with E-state index in [0.29, 0.717) is 19.4 Å². The van der Waals surface area contributed by atoms with Crippen molar-refractivity contribution < 1.29 is 4.79 Å². The van der Waals surface area contributed by atoms with Crippen LogP contribution in [0.2, 0.25) is 4.34 Å². The van der Waals surface area contributed by atoms with Gasteiger partial charge in [-0.05, 0) is 40.2 Å². The van der Waals surface area contributed by atoms with Gasteiger partial charge in [-0.15, -0.1) is 11.3 Å². The first-order valence-corrected chi connectivity index (χ1v) is 6.08. The molecule has 0 saturated heterocycles. The normalized spacial score (nSPS) is 10.3. The predicted octanol–water partition coefficient (Wildman–Crippen LogP) is 3.79. The smallest absolute Gasteiger partial charge is 0.222 e. The van der Waals surface area contributed by atoms with Crippen molar-refractivity contribution in [1.29, 1.82) is 0 Å². The number of pyridine rings is 1. The van der Waals surface area contributed by atoms with Crippen molar-refractivity contribution in [2.24, 2.45) is 0 Å². The monoisotopic (exact) mass is 301 g/mol. The van der Waals surface area contributed by atoms with Gasteiger partial charge in [0, 0.05) is 10.7 Å². The van der Waals surface area contributed by atoms with E-state index in [4.69, 9.17) is 11.6 Å². The molecule has 2 heterocycles. The lowest BCUT2D eigenvalue weighted by Crippen LogP contribution is -2.02. The first-order chi connectivity index (χ1) is 7.18. The van der Waals surface area contributed by atoms with Gasteiger partial charge in [0.15, 0.2) is 0 Å². The lowest BCUT2D eigenvalue weighted by molar-refractivity contribution is 0.103. The number of rotatable bonds is 2. The third kappa shape index (κ3) is 2.27. The molecule has 0 fully saturated rings. The summed E-state index contributed by atoms with van der Waals surface area (Å²) in [5, 5.41) is 0. The molecule has 2 aromatic rings. The van der Waals surface area contributed by atoms with E-state index in [1.54, 1.807) is 30.5 Å². The van der Waals surface area contributed by atoms with Crippen LogP contribution in [-0.2, 0) is 0 Å². The summed E-state index contributed by atoms with van der Waals surface area (Å²) < 4.78 is 1.30. The van der Waals surface area contributed by atoms with Crippen LogP contribution < -0.4 is 0 Å². The van der Waals surface area contributed by atoms with E-state index in [-0.39, 0.29) is 5.78 Å². The maximum atomic E-state index is 11.9. The molecule has 0 aliphatic carbocycles. The molecule has 76 valence electrons. The second-order valence-corrected chi connectivity index (χ2v) is 5.34. The Morgan fingerprint density at radius 2 is 2.20 bits per heavy atom. The number of ketones is 1. The Bertz CT molecular complexity index is 512. The molecule has 0 saturated carbocycles. The molecule has 0 unspecified atom stereocenters. The number of carbonyl (C=O) groups is 1. The predicted molar refractivity (Wildman–Crippen MR) is 64.7 cm³/mol. The molecule has 0 aliphatic heterocycles. The van der Waals surface area contributed by atoms with Gasteiger partial charge < -0.3 is 0 Å². The minimum atomic E-state index is -0.112. The fraction of sp³-hybridized carbons (Fsp3) is 0. The van der Waals surface area contributed by atoms with Crippen molar-refractivity contribution >= 4 is 44.7 Å². The van der Waals surface area contributed by atoms with Gasteiger partial charge in [-0.1, -0.05) is 11.6 Å². The minimum Gasteiger partial charge on any atom is -0.286 e. The van der Waals surface area contributed by atoms with Gasteiger partial charge in [0.25, 0.3) is 0 Å². The average molecular weight is 303 g/mol. The molecule has 2 nitrogen and oxygen atoms in total. The van der Waals surface area contributed by atoms with Gasteiger partial charge in [-0.2, -0.15) is 0 Å². The second-order valence-electron chi connectivity index (χ2n) is 2.77. The first-order valence-electron chi connectivity index (χ1n) is 4.09. The van der Waals surface area contributed by atoms with Crippen LogP contribution in [0.3, 0.4) is 0 Å². The number of hydrogen-bond donors (Lipinski definition) is 0. The fourth-order valence-electron chi connectivity index (χ4n) is 1.11. The number of halogens is 2. The zero-order valence-corrected chi connectivity index (χ0v) is 10.6. The van der Waals surface area contributed by atoms with Crippen molar-refractivity contribution in [3.63, 3.8) is 0 Å². The molecular weight excluding hydrogens is 298 g/mol. The Morgan fingerprint density at radius 3 is 2.80 bits per heavy atom. The molecule has 0 aromatic carbocycles.